The molecule has 0 aromatic carbocycles. The summed E-state index contributed by atoms with van der Waals surface area (Å²) in [5.41, 5.74) is 5.87. The Hall–Kier alpha value is -1.36. The highest BCUT2D eigenvalue weighted by Gasteiger charge is 2.19. The van der Waals surface area contributed by atoms with E-state index in [0.717, 1.165) is 5.82 Å². The van der Waals surface area contributed by atoms with Gasteiger partial charge in [-0.1, -0.05) is 13.8 Å². The van der Waals surface area contributed by atoms with E-state index in [1.165, 1.54) is 0 Å². The maximum Gasteiger partial charge on any atom is 0.239 e. The van der Waals surface area contributed by atoms with Gasteiger partial charge in [-0.05, 0) is 12.3 Å². The van der Waals surface area contributed by atoms with Crippen molar-refractivity contribution in [2.24, 2.45) is 18.7 Å². The van der Waals surface area contributed by atoms with Crippen molar-refractivity contribution in [2.75, 3.05) is 7.05 Å². The molecule has 1 heterocycles. The van der Waals surface area contributed by atoms with Gasteiger partial charge in [0.1, 0.15) is 5.82 Å². The summed E-state index contributed by atoms with van der Waals surface area (Å²) in [4.78, 5) is 17.8. The van der Waals surface area contributed by atoms with Crippen LogP contribution < -0.4 is 5.73 Å². The number of rotatable bonds is 5. The summed E-state index contributed by atoms with van der Waals surface area (Å²) in [6.45, 7) is 4.62. The van der Waals surface area contributed by atoms with Gasteiger partial charge in [0, 0.05) is 26.5 Å². The largest absolute Gasteiger partial charge is 0.337 e. The molecule has 0 bridgehead atoms. The molecular weight excluding hydrogens is 216 g/mol. The molecule has 0 aliphatic heterocycles. The number of aromatic nitrogens is 2. The SMILES string of the molecule is CC(C)CC(N)C(=O)N(C)Cc1nccn1C. The summed E-state index contributed by atoms with van der Waals surface area (Å²) in [5, 5.41) is 0. The second-order valence-corrected chi connectivity index (χ2v) is 4.88. The molecule has 0 spiro atoms. The molecular formula is C12H22N4O. The lowest BCUT2D eigenvalue weighted by atomic mass is 10.0. The topological polar surface area (TPSA) is 64.2 Å². The van der Waals surface area contributed by atoms with Crippen LogP contribution in [0.1, 0.15) is 26.1 Å². The minimum Gasteiger partial charge on any atom is -0.337 e. The summed E-state index contributed by atoms with van der Waals surface area (Å²) in [7, 11) is 3.67. The van der Waals surface area contributed by atoms with E-state index in [-0.39, 0.29) is 5.91 Å². The lowest BCUT2D eigenvalue weighted by molar-refractivity contribution is -0.132. The molecule has 0 saturated carbocycles. The van der Waals surface area contributed by atoms with Gasteiger partial charge in [-0.3, -0.25) is 4.79 Å². The van der Waals surface area contributed by atoms with E-state index in [1.807, 2.05) is 17.8 Å². The Morgan fingerprint density at radius 3 is 2.71 bits per heavy atom. The van der Waals surface area contributed by atoms with Crippen LogP contribution in [0.4, 0.5) is 0 Å². The van der Waals surface area contributed by atoms with Crippen molar-refractivity contribution >= 4 is 5.91 Å². The van der Waals surface area contributed by atoms with E-state index in [2.05, 4.69) is 18.8 Å². The summed E-state index contributed by atoms with van der Waals surface area (Å²) in [5.74, 6) is 1.26. The first kappa shape index (κ1) is 13.7. The summed E-state index contributed by atoms with van der Waals surface area (Å²) in [6.07, 6.45) is 4.30. The molecule has 5 nitrogen and oxygen atoms in total. The van der Waals surface area contributed by atoms with E-state index in [1.54, 1.807) is 18.1 Å². The van der Waals surface area contributed by atoms with Gasteiger partial charge in [0.15, 0.2) is 0 Å². The zero-order valence-corrected chi connectivity index (χ0v) is 11.1. The molecule has 0 saturated heterocycles. The van der Waals surface area contributed by atoms with E-state index in [4.69, 9.17) is 5.73 Å². The molecule has 1 unspecified atom stereocenters. The second-order valence-electron chi connectivity index (χ2n) is 4.88. The van der Waals surface area contributed by atoms with Crippen LogP contribution in [-0.2, 0) is 18.4 Å². The van der Waals surface area contributed by atoms with Gasteiger partial charge >= 0.3 is 0 Å². The monoisotopic (exact) mass is 238 g/mol. The smallest absolute Gasteiger partial charge is 0.239 e. The molecule has 0 radical (unpaired) electrons. The number of likely N-dealkylation sites (N-methyl/N-ethyl adjacent to an activating group) is 1. The summed E-state index contributed by atoms with van der Waals surface area (Å²) in [6, 6.07) is -0.416. The molecule has 0 aliphatic carbocycles. The van der Waals surface area contributed by atoms with Crippen LogP contribution in [0, 0.1) is 5.92 Å². The van der Waals surface area contributed by atoms with Crippen LogP contribution in [0.15, 0.2) is 12.4 Å². The van der Waals surface area contributed by atoms with Gasteiger partial charge in [-0.25, -0.2) is 4.98 Å². The van der Waals surface area contributed by atoms with Crippen LogP contribution in [0.25, 0.3) is 0 Å². The number of nitrogens with two attached hydrogens (primary N) is 1. The molecule has 1 aromatic heterocycles. The van der Waals surface area contributed by atoms with Crippen LogP contribution in [-0.4, -0.2) is 33.4 Å². The molecule has 5 heteroatoms. The highest BCUT2D eigenvalue weighted by molar-refractivity contribution is 5.81. The lowest BCUT2D eigenvalue weighted by Gasteiger charge is -2.22. The number of hydrogen-bond donors (Lipinski definition) is 1. The van der Waals surface area contributed by atoms with Gasteiger partial charge in [0.05, 0.1) is 12.6 Å². The Balaban J connectivity index is 2.55. The minimum atomic E-state index is -0.416. The molecule has 1 amide bonds. The van der Waals surface area contributed by atoms with Gasteiger partial charge in [0.25, 0.3) is 0 Å². The van der Waals surface area contributed by atoms with Crippen molar-refractivity contribution in [3.63, 3.8) is 0 Å². The first-order chi connectivity index (χ1) is 7.91. The fourth-order valence-electron chi connectivity index (χ4n) is 1.73. The maximum atomic E-state index is 12.0. The Labute approximate surface area is 103 Å². The molecule has 1 atom stereocenters. The molecule has 17 heavy (non-hydrogen) atoms. The predicted molar refractivity (Wildman–Crippen MR) is 67.1 cm³/mol. The van der Waals surface area contributed by atoms with Crippen LogP contribution in [0.3, 0.4) is 0 Å². The third-order valence-electron chi connectivity index (χ3n) is 2.72. The average Bonchev–Trinajstić information content (AvgIpc) is 2.62. The van der Waals surface area contributed by atoms with Gasteiger partial charge in [-0.15, -0.1) is 0 Å². The van der Waals surface area contributed by atoms with Crippen molar-refractivity contribution in [3.05, 3.63) is 18.2 Å². The lowest BCUT2D eigenvalue weighted by Crippen LogP contribution is -2.42. The summed E-state index contributed by atoms with van der Waals surface area (Å²) < 4.78 is 1.90. The molecule has 1 aromatic rings. The molecule has 0 aliphatic rings. The van der Waals surface area contributed by atoms with Crippen molar-refractivity contribution in [1.82, 2.24) is 14.5 Å². The van der Waals surface area contributed by atoms with E-state index < -0.39 is 6.04 Å². The third kappa shape index (κ3) is 3.85. The van der Waals surface area contributed by atoms with E-state index >= 15 is 0 Å². The number of nitrogens with zero attached hydrogens (tertiary/aromatic N) is 3. The molecule has 2 N–H and O–H groups in total. The van der Waals surface area contributed by atoms with Crippen molar-refractivity contribution in [1.29, 1.82) is 0 Å². The molecule has 1 rings (SSSR count). The fraction of sp³-hybridized carbons (Fsp3) is 0.667. The third-order valence-corrected chi connectivity index (χ3v) is 2.72. The Morgan fingerprint density at radius 1 is 1.59 bits per heavy atom. The fourth-order valence-corrected chi connectivity index (χ4v) is 1.73. The zero-order chi connectivity index (χ0) is 13.0. The standard InChI is InChI=1S/C12H22N4O/c1-9(2)7-10(13)12(17)16(4)8-11-14-5-6-15(11)3/h5-6,9-10H,7-8,13H2,1-4H3. The predicted octanol–water partition coefficient (Wildman–Crippen LogP) is 0.752. The Kier molecular flexibility index (Phi) is 4.69. The van der Waals surface area contributed by atoms with Gasteiger partial charge in [0.2, 0.25) is 5.91 Å². The van der Waals surface area contributed by atoms with Crippen molar-refractivity contribution in [2.45, 2.75) is 32.9 Å². The zero-order valence-electron chi connectivity index (χ0n) is 11.1. The molecule has 96 valence electrons. The van der Waals surface area contributed by atoms with Crippen molar-refractivity contribution in [3.8, 4) is 0 Å². The Bertz CT molecular complexity index is 372. The van der Waals surface area contributed by atoms with Gasteiger partial charge < -0.3 is 15.2 Å². The van der Waals surface area contributed by atoms with Gasteiger partial charge in [-0.2, -0.15) is 0 Å². The second kappa shape index (κ2) is 5.82. The first-order valence-corrected chi connectivity index (χ1v) is 5.88. The first-order valence-electron chi connectivity index (χ1n) is 5.88. The highest BCUT2D eigenvalue weighted by Crippen LogP contribution is 2.07. The number of carbonyl (C=O) groups is 1. The minimum absolute atomic E-state index is 0.0262. The highest BCUT2D eigenvalue weighted by atomic mass is 16.2. The molecule has 0 fully saturated rings. The Morgan fingerprint density at radius 2 is 2.24 bits per heavy atom. The summed E-state index contributed by atoms with van der Waals surface area (Å²) >= 11 is 0. The van der Waals surface area contributed by atoms with Crippen LogP contribution in [0.2, 0.25) is 0 Å². The van der Waals surface area contributed by atoms with E-state index in [0.29, 0.717) is 18.9 Å². The number of imidazole rings is 1. The maximum absolute atomic E-state index is 12.0. The van der Waals surface area contributed by atoms with E-state index in [9.17, 15) is 4.79 Å². The average molecular weight is 238 g/mol. The van der Waals surface area contributed by atoms with Crippen LogP contribution >= 0.6 is 0 Å². The number of aryl methyl sites for hydroxylation is 1. The van der Waals surface area contributed by atoms with Crippen LogP contribution in [0.5, 0.6) is 0 Å². The number of amides is 1. The normalized spacial score (nSPS) is 12.8. The number of hydrogen-bond acceptors (Lipinski definition) is 3. The number of carbonyl (C=O) groups excluding carboxylic acids is 1. The van der Waals surface area contributed by atoms with Crippen molar-refractivity contribution < 1.29 is 4.79 Å². The quantitative estimate of drug-likeness (QED) is 0.823.